The largest absolute Gasteiger partial charge is 0.254 e. The van der Waals surface area contributed by atoms with Crippen molar-refractivity contribution in [1.82, 2.24) is 9.97 Å². The number of fused-ring (bicyclic) bond motifs is 1. The van der Waals surface area contributed by atoms with E-state index in [9.17, 15) is 4.39 Å². The Labute approximate surface area is 81.8 Å². The number of aromatic nitrogens is 2. The van der Waals surface area contributed by atoms with Crippen molar-refractivity contribution in [3.8, 4) is 0 Å². The Hall–Kier alpha value is -1.51. The van der Waals surface area contributed by atoms with E-state index in [2.05, 4.69) is 23.8 Å². The van der Waals surface area contributed by atoms with Crippen molar-refractivity contribution in [2.75, 3.05) is 0 Å². The minimum absolute atomic E-state index is 0.342. The minimum atomic E-state index is -0.342. The highest BCUT2D eigenvalue weighted by Crippen LogP contribution is 2.21. The molecule has 2 aromatic rings. The highest BCUT2D eigenvalue weighted by atomic mass is 19.1. The summed E-state index contributed by atoms with van der Waals surface area (Å²) in [4.78, 5) is 8.15. The van der Waals surface area contributed by atoms with Crippen LogP contribution < -0.4 is 0 Å². The fourth-order valence-electron chi connectivity index (χ4n) is 1.49. The predicted molar refractivity (Wildman–Crippen MR) is 53.6 cm³/mol. The maximum absolute atomic E-state index is 12.9. The highest BCUT2D eigenvalue weighted by molar-refractivity contribution is 5.77. The third kappa shape index (κ3) is 1.45. The Kier molecular flexibility index (Phi) is 2.15. The quantitative estimate of drug-likeness (QED) is 0.691. The number of hydrogen-bond acceptors (Lipinski definition) is 2. The third-order valence-electron chi connectivity index (χ3n) is 2.20. The van der Waals surface area contributed by atoms with Gasteiger partial charge in [0.25, 0.3) is 0 Å². The van der Waals surface area contributed by atoms with Crippen LogP contribution in [0, 0.1) is 5.82 Å². The number of halogens is 1. The first-order valence-corrected chi connectivity index (χ1v) is 4.58. The van der Waals surface area contributed by atoms with E-state index in [4.69, 9.17) is 0 Å². The molecule has 0 fully saturated rings. The fraction of sp³-hybridized carbons (Fsp3) is 0.273. The van der Waals surface area contributed by atoms with E-state index >= 15 is 0 Å². The lowest BCUT2D eigenvalue weighted by Gasteiger charge is -2.07. The summed E-state index contributed by atoms with van der Waals surface area (Å²) in [6, 6.07) is 3.34. The number of pyridine rings is 2. The van der Waals surface area contributed by atoms with Crippen LogP contribution in [0.4, 0.5) is 4.39 Å². The predicted octanol–water partition coefficient (Wildman–Crippen LogP) is 2.89. The molecule has 0 bridgehead atoms. The summed E-state index contributed by atoms with van der Waals surface area (Å²) in [5, 5.41) is 0. The molecule has 72 valence electrons. The Morgan fingerprint density at radius 3 is 2.79 bits per heavy atom. The Morgan fingerprint density at radius 1 is 1.29 bits per heavy atom. The van der Waals surface area contributed by atoms with E-state index in [0.29, 0.717) is 11.4 Å². The molecule has 0 amide bonds. The van der Waals surface area contributed by atoms with E-state index in [-0.39, 0.29) is 5.82 Å². The van der Waals surface area contributed by atoms with E-state index in [1.807, 2.05) is 6.07 Å². The third-order valence-corrected chi connectivity index (χ3v) is 2.20. The van der Waals surface area contributed by atoms with Gasteiger partial charge < -0.3 is 0 Å². The molecule has 0 aliphatic rings. The summed E-state index contributed by atoms with van der Waals surface area (Å²) in [6.45, 7) is 4.17. The second-order valence-electron chi connectivity index (χ2n) is 3.58. The van der Waals surface area contributed by atoms with Crippen LogP contribution in [0.5, 0.6) is 0 Å². The van der Waals surface area contributed by atoms with Crippen LogP contribution in [0.25, 0.3) is 11.0 Å². The summed E-state index contributed by atoms with van der Waals surface area (Å²) in [6.07, 6.45) is 2.93. The standard InChI is InChI=1S/C11H11FN2/c1-7(2)9-3-4-13-10-5-8(12)6-14-11(9)10/h3-7H,1-2H3. The number of rotatable bonds is 1. The van der Waals surface area contributed by atoms with Crippen LogP contribution in [0.15, 0.2) is 24.5 Å². The normalized spacial score (nSPS) is 11.1. The fourth-order valence-corrected chi connectivity index (χ4v) is 1.49. The molecule has 0 saturated heterocycles. The van der Waals surface area contributed by atoms with Crippen LogP contribution in [0.3, 0.4) is 0 Å². The van der Waals surface area contributed by atoms with E-state index < -0.39 is 0 Å². The zero-order valence-corrected chi connectivity index (χ0v) is 8.16. The van der Waals surface area contributed by atoms with Crippen LogP contribution in [0.1, 0.15) is 25.3 Å². The second kappa shape index (κ2) is 3.33. The molecule has 0 saturated carbocycles. The highest BCUT2D eigenvalue weighted by Gasteiger charge is 2.07. The molecule has 0 spiro atoms. The molecule has 0 radical (unpaired) electrons. The van der Waals surface area contributed by atoms with E-state index in [0.717, 1.165) is 11.1 Å². The minimum Gasteiger partial charge on any atom is -0.254 e. The molecule has 0 aliphatic heterocycles. The van der Waals surface area contributed by atoms with Crippen LogP contribution in [-0.4, -0.2) is 9.97 Å². The molecular weight excluding hydrogens is 179 g/mol. The summed E-state index contributed by atoms with van der Waals surface area (Å²) in [7, 11) is 0. The molecule has 0 N–H and O–H groups in total. The topological polar surface area (TPSA) is 25.8 Å². The Bertz CT molecular complexity index is 466. The molecule has 2 rings (SSSR count). The molecule has 3 heteroatoms. The molecule has 0 aromatic carbocycles. The van der Waals surface area contributed by atoms with Gasteiger partial charge >= 0.3 is 0 Å². The average Bonchev–Trinajstić information content (AvgIpc) is 2.16. The van der Waals surface area contributed by atoms with Gasteiger partial charge in [0, 0.05) is 12.3 Å². The number of nitrogens with zero attached hydrogens (tertiary/aromatic N) is 2. The van der Waals surface area contributed by atoms with Crippen molar-refractivity contribution >= 4 is 11.0 Å². The van der Waals surface area contributed by atoms with Gasteiger partial charge in [0.05, 0.1) is 17.2 Å². The first-order chi connectivity index (χ1) is 6.68. The Morgan fingerprint density at radius 2 is 2.07 bits per heavy atom. The van der Waals surface area contributed by atoms with Crippen molar-refractivity contribution in [2.24, 2.45) is 0 Å². The van der Waals surface area contributed by atoms with E-state index in [1.54, 1.807) is 6.20 Å². The van der Waals surface area contributed by atoms with E-state index in [1.165, 1.54) is 12.3 Å². The van der Waals surface area contributed by atoms with Crippen LogP contribution >= 0.6 is 0 Å². The van der Waals surface area contributed by atoms with Crippen molar-refractivity contribution in [1.29, 1.82) is 0 Å². The van der Waals surface area contributed by atoms with Gasteiger partial charge in [-0.1, -0.05) is 13.8 Å². The monoisotopic (exact) mass is 190 g/mol. The van der Waals surface area contributed by atoms with Gasteiger partial charge in [0.2, 0.25) is 0 Å². The molecule has 2 aromatic heterocycles. The van der Waals surface area contributed by atoms with Crippen LogP contribution in [-0.2, 0) is 0 Å². The summed E-state index contributed by atoms with van der Waals surface area (Å²) in [5.74, 6) is 0.0318. The molecule has 0 aliphatic carbocycles. The summed E-state index contributed by atoms with van der Waals surface area (Å²) in [5.41, 5.74) is 2.52. The molecular formula is C11H11FN2. The van der Waals surface area contributed by atoms with Gasteiger partial charge in [-0.15, -0.1) is 0 Å². The molecule has 2 heterocycles. The van der Waals surface area contributed by atoms with Gasteiger partial charge in [0.1, 0.15) is 5.82 Å². The van der Waals surface area contributed by atoms with Crippen molar-refractivity contribution < 1.29 is 4.39 Å². The maximum atomic E-state index is 12.9. The maximum Gasteiger partial charge on any atom is 0.143 e. The van der Waals surface area contributed by atoms with Crippen molar-refractivity contribution in [3.63, 3.8) is 0 Å². The number of hydrogen-bond donors (Lipinski definition) is 0. The Balaban J connectivity index is 2.75. The van der Waals surface area contributed by atoms with Gasteiger partial charge in [0.15, 0.2) is 0 Å². The van der Waals surface area contributed by atoms with Gasteiger partial charge in [-0.05, 0) is 17.5 Å². The van der Waals surface area contributed by atoms with Crippen molar-refractivity contribution in [2.45, 2.75) is 19.8 Å². The summed E-state index contributed by atoms with van der Waals surface area (Å²) >= 11 is 0. The van der Waals surface area contributed by atoms with Gasteiger partial charge in [-0.25, -0.2) is 4.39 Å². The second-order valence-corrected chi connectivity index (χ2v) is 3.58. The molecule has 0 unspecified atom stereocenters. The lowest BCUT2D eigenvalue weighted by atomic mass is 10.0. The van der Waals surface area contributed by atoms with Crippen LogP contribution in [0.2, 0.25) is 0 Å². The molecule has 0 atom stereocenters. The molecule has 2 nitrogen and oxygen atoms in total. The lowest BCUT2D eigenvalue weighted by molar-refractivity contribution is 0.623. The smallest absolute Gasteiger partial charge is 0.143 e. The lowest BCUT2D eigenvalue weighted by Crippen LogP contribution is -1.94. The first kappa shape index (κ1) is 9.06. The zero-order valence-electron chi connectivity index (χ0n) is 8.16. The average molecular weight is 190 g/mol. The zero-order chi connectivity index (χ0) is 10.1. The summed E-state index contributed by atoms with van der Waals surface area (Å²) < 4.78 is 12.9. The van der Waals surface area contributed by atoms with Gasteiger partial charge in [-0.3, -0.25) is 9.97 Å². The first-order valence-electron chi connectivity index (χ1n) is 4.58. The SMILES string of the molecule is CC(C)c1ccnc2cc(F)cnc12. The molecule has 14 heavy (non-hydrogen) atoms. The van der Waals surface area contributed by atoms with Crippen molar-refractivity contribution in [3.05, 3.63) is 35.9 Å². The van der Waals surface area contributed by atoms with Gasteiger partial charge in [-0.2, -0.15) is 0 Å².